The number of sulfone groups is 1. The SMILES string of the molecule is O=C(CC1SC(N2CCCCC2)=NC1=O)Nc1ccc(C(=O)NC2CCS(=O)(=O)C2)cc1. The van der Waals surface area contributed by atoms with Crippen molar-refractivity contribution in [1.82, 2.24) is 10.2 Å². The molecule has 2 unspecified atom stereocenters. The minimum absolute atomic E-state index is 0.0305. The molecule has 2 atom stereocenters. The van der Waals surface area contributed by atoms with Crippen molar-refractivity contribution in [3.8, 4) is 0 Å². The van der Waals surface area contributed by atoms with Crippen LogP contribution in [0.25, 0.3) is 0 Å². The molecule has 0 bridgehead atoms. The molecule has 1 aromatic rings. The second-order valence-corrected chi connectivity index (χ2v) is 11.7. The number of amidine groups is 1. The number of piperidine rings is 1. The Morgan fingerprint density at radius 1 is 1.12 bits per heavy atom. The van der Waals surface area contributed by atoms with Crippen LogP contribution in [-0.4, -0.2) is 72.1 Å². The summed E-state index contributed by atoms with van der Waals surface area (Å²) in [6.45, 7) is 1.79. The van der Waals surface area contributed by atoms with Gasteiger partial charge in [-0.1, -0.05) is 11.8 Å². The molecule has 172 valence electrons. The first-order valence-electron chi connectivity index (χ1n) is 10.7. The van der Waals surface area contributed by atoms with Crippen LogP contribution in [0.3, 0.4) is 0 Å². The predicted octanol–water partition coefficient (Wildman–Crippen LogP) is 1.42. The summed E-state index contributed by atoms with van der Waals surface area (Å²) in [6.07, 6.45) is 3.82. The van der Waals surface area contributed by atoms with Crippen LogP contribution in [0.2, 0.25) is 0 Å². The maximum absolute atomic E-state index is 12.4. The highest BCUT2D eigenvalue weighted by atomic mass is 32.2. The fourth-order valence-corrected chi connectivity index (χ4v) is 6.78. The maximum Gasteiger partial charge on any atom is 0.262 e. The third kappa shape index (κ3) is 5.69. The fourth-order valence-electron chi connectivity index (χ4n) is 3.99. The minimum atomic E-state index is -3.07. The Morgan fingerprint density at radius 3 is 2.50 bits per heavy atom. The van der Waals surface area contributed by atoms with Crippen molar-refractivity contribution >= 4 is 50.2 Å². The van der Waals surface area contributed by atoms with Crippen LogP contribution in [0.4, 0.5) is 5.69 Å². The summed E-state index contributed by atoms with van der Waals surface area (Å²) in [5.74, 6) is -0.852. The Labute approximate surface area is 191 Å². The molecule has 1 aromatic carbocycles. The van der Waals surface area contributed by atoms with Crippen molar-refractivity contribution in [2.75, 3.05) is 29.9 Å². The lowest BCUT2D eigenvalue weighted by Crippen LogP contribution is -2.35. The van der Waals surface area contributed by atoms with E-state index in [1.807, 2.05) is 0 Å². The molecule has 0 saturated carbocycles. The van der Waals surface area contributed by atoms with Crippen molar-refractivity contribution in [2.45, 2.75) is 43.4 Å². The summed E-state index contributed by atoms with van der Waals surface area (Å²) in [5.41, 5.74) is 0.899. The summed E-state index contributed by atoms with van der Waals surface area (Å²) in [4.78, 5) is 43.2. The van der Waals surface area contributed by atoms with Gasteiger partial charge < -0.3 is 15.5 Å². The average Bonchev–Trinajstić information content (AvgIpc) is 3.30. The number of nitrogens with zero attached hydrogens (tertiary/aromatic N) is 2. The van der Waals surface area contributed by atoms with Gasteiger partial charge in [0.05, 0.1) is 11.5 Å². The van der Waals surface area contributed by atoms with E-state index >= 15 is 0 Å². The molecule has 3 aliphatic heterocycles. The molecule has 3 heterocycles. The van der Waals surface area contributed by atoms with E-state index in [-0.39, 0.29) is 41.7 Å². The lowest BCUT2D eigenvalue weighted by atomic mass is 10.1. The Morgan fingerprint density at radius 2 is 1.84 bits per heavy atom. The summed E-state index contributed by atoms with van der Waals surface area (Å²) in [6, 6.07) is 5.99. The molecular formula is C21H26N4O5S2. The molecule has 2 N–H and O–H groups in total. The number of anilines is 1. The topological polar surface area (TPSA) is 125 Å². The molecule has 3 amide bonds. The Kier molecular flexibility index (Phi) is 6.85. The lowest BCUT2D eigenvalue weighted by molar-refractivity contribution is -0.121. The normalized spacial score (nSPS) is 24.8. The monoisotopic (exact) mass is 478 g/mol. The second kappa shape index (κ2) is 9.62. The van der Waals surface area contributed by atoms with Crippen molar-refractivity contribution in [3.63, 3.8) is 0 Å². The van der Waals surface area contributed by atoms with Gasteiger partial charge in [0.1, 0.15) is 5.25 Å². The molecule has 11 heteroatoms. The van der Waals surface area contributed by atoms with E-state index in [9.17, 15) is 22.8 Å². The van der Waals surface area contributed by atoms with Crippen molar-refractivity contribution in [1.29, 1.82) is 0 Å². The van der Waals surface area contributed by atoms with Crippen LogP contribution >= 0.6 is 11.8 Å². The number of hydrogen-bond acceptors (Lipinski definition) is 7. The third-order valence-electron chi connectivity index (χ3n) is 5.72. The number of rotatable bonds is 5. The van der Waals surface area contributed by atoms with Gasteiger partial charge in [-0.3, -0.25) is 14.4 Å². The van der Waals surface area contributed by atoms with Crippen LogP contribution in [-0.2, 0) is 19.4 Å². The van der Waals surface area contributed by atoms with Crippen molar-refractivity contribution in [3.05, 3.63) is 29.8 Å². The van der Waals surface area contributed by atoms with Crippen molar-refractivity contribution in [2.24, 2.45) is 4.99 Å². The number of nitrogens with one attached hydrogen (secondary N) is 2. The van der Waals surface area contributed by atoms with Gasteiger partial charge in [0.25, 0.3) is 11.8 Å². The third-order valence-corrected chi connectivity index (χ3v) is 8.71. The van der Waals surface area contributed by atoms with E-state index in [4.69, 9.17) is 0 Å². The number of amides is 3. The highest BCUT2D eigenvalue weighted by Gasteiger charge is 2.33. The van der Waals surface area contributed by atoms with Crippen LogP contribution in [0.5, 0.6) is 0 Å². The number of thioether (sulfide) groups is 1. The molecule has 0 spiro atoms. The molecule has 0 aromatic heterocycles. The zero-order valence-corrected chi connectivity index (χ0v) is 19.2. The number of carbonyl (C=O) groups is 3. The zero-order valence-electron chi connectivity index (χ0n) is 17.6. The van der Waals surface area contributed by atoms with Crippen LogP contribution in [0.15, 0.2) is 29.3 Å². The van der Waals surface area contributed by atoms with Crippen LogP contribution in [0, 0.1) is 0 Å². The van der Waals surface area contributed by atoms with Crippen LogP contribution in [0.1, 0.15) is 42.5 Å². The fraction of sp³-hybridized carbons (Fsp3) is 0.524. The smallest absolute Gasteiger partial charge is 0.262 e. The molecule has 0 radical (unpaired) electrons. The lowest BCUT2D eigenvalue weighted by Gasteiger charge is -2.27. The Balaban J connectivity index is 1.26. The van der Waals surface area contributed by atoms with E-state index in [2.05, 4.69) is 20.5 Å². The number of benzene rings is 1. The van der Waals surface area contributed by atoms with E-state index in [1.165, 1.54) is 18.2 Å². The molecular weight excluding hydrogens is 452 g/mol. The van der Waals surface area contributed by atoms with Gasteiger partial charge in [-0.05, 0) is 49.9 Å². The molecule has 0 aliphatic carbocycles. The minimum Gasteiger partial charge on any atom is -0.351 e. The first kappa shape index (κ1) is 22.8. The van der Waals surface area contributed by atoms with E-state index < -0.39 is 15.1 Å². The number of aliphatic imine (C=N–C) groups is 1. The first-order valence-corrected chi connectivity index (χ1v) is 13.4. The van der Waals surface area contributed by atoms with Gasteiger partial charge in [-0.15, -0.1) is 0 Å². The molecule has 4 rings (SSSR count). The summed E-state index contributed by atoms with van der Waals surface area (Å²) < 4.78 is 23.1. The maximum atomic E-state index is 12.4. The standard InChI is InChI=1S/C21H26N4O5S2/c26-18(12-17-20(28)24-21(31-17)25-9-2-1-3-10-25)22-15-6-4-14(5-7-15)19(27)23-16-8-11-32(29,30)13-16/h4-7,16-17H,1-3,8-13H2,(H,22,26)(H,23,27). The van der Waals surface area contributed by atoms with Gasteiger partial charge >= 0.3 is 0 Å². The first-order chi connectivity index (χ1) is 15.3. The Hall–Kier alpha value is -2.40. The number of hydrogen-bond donors (Lipinski definition) is 2. The zero-order chi connectivity index (χ0) is 22.7. The number of carbonyl (C=O) groups excluding carboxylic acids is 3. The molecule has 3 aliphatic rings. The van der Waals surface area contributed by atoms with Gasteiger partial charge in [-0.25, -0.2) is 8.42 Å². The Bertz CT molecular complexity index is 1030. The van der Waals surface area contributed by atoms with Crippen LogP contribution < -0.4 is 10.6 Å². The number of likely N-dealkylation sites (tertiary alicyclic amines) is 1. The average molecular weight is 479 g/mol. The quantitative estimate of drug-likeness (QED) is 0.656. The highest BCUT2D eigenvalue weighted by molar-refractivity contribution is 8.15. The molecule has 32 heavy (non-hydrogen) atoms. The summed E-state index contributed by atoms with van der Waals surface area (Å²) >= 11 is 1.36. The largest absolute Gasteiger partial charge is 0.351 e. The van der Waals surface area contributed by atoms with Gasteiger partial charge in [0.15, 0.2) is 15.0 Å². The van der Waals surface area contributed by atoms with E-state index in [0.29, 0.717) is 17.7 Å². The van der Waals surface area contributed by atoms with Gasteiger partial charge in [-0.2, -0.15) is 4.99 Å². The van der Waals surface area contributed by atoms with E-state index in [0.717, 1.165) is 31.1 Å². The van der Waals surface area contributed by atoms with Crippen molar-refractivity contribution < 1.29 is 22.8 Å². The summed E-state index contributed by atoms with van der Waals surface area (Å²) in [5, 5.41) is 5.69. The second-order valence-electron chi connectivity index (χ2n) is 8.29. The molecule has 2 saturated heterocycles. The van der Waals surface area contributed by atoms with Gasteiger partial charge in [0, 0.05) is 36.8 Å². The predicted molar refractivity (Wildman–Crippen MR) is 123 cm³/mol. The van der Waals surface area contributed by atoms with E-state index in [1.54, 1.807) is 24.3 Å². The van der Waals surface area contributed by atoms with Gasteiger partial charge in [0.2, 0.25) is 5.91 Å². The molecule has 2 fully saturated rings. The summed E-state index contributed by atoms with van der Waals surface area (Å²) in [7, 11) is -3.07. The molecule has 9 nitrogen and oxygen atoms in total. The highest BCUT2D eigenvalue weighted by Crippen LogP contribution is 2.29.